The Kier molecular flexibility index (Phi) is 5.73. The van der Waals surface area contributed by atoms with Gasteiger partial charge in [0, 0.05) is 43.3 Å². The van der Waals surface area contributed by atoms with Crippen LogP contribution in [0.2, 0.25) is 0 Å². The van der Waals surface area contributed by atoms with Crippen molar-refractivity contribution in [3.63, 3.8) is 0 Å². The van der Waals surface area contributed by atoms with E-state index in [-0.39, 0.29) is 29.3 Å². The summed E-state index contributed by atoms with van der Waals surface area (Å²) in [5.74, 6) is -0.315. The van der Waals surface area contributed by atoms with E-state index in [4.69, 9.17) is 4.74 Å². The Labute approximate surface area is 153 Å². The second-order valence-electron chi connectivity index (χ2n) is 7.22. The maximum absolute atomic E-state index is 12.1. The molecule has 3 rings (SSSR count). The van der Waals surface area contributed by atoms with Crippen LogP contribution in [0.25, 0.3) is 0 Å². The Morgan fingerprint density at radius 2 is 2.19 bits per heavy atom. The van der Waals surface area contributed by atoms with E-state index in [1.54, 1.807) is 12.1 Å². The van der Waals surface area contributed by atoms with Crippen LogP contribution in [0.5, 0.6) is 0 Å². The largest absolute Gasteiger partial charge is 0.377 e. The lowest BCUT2D eigenvalue weighted by Crippen LogP contribution is -2.46. The summed E-state index contributed by atoms with van der Waals surface area (Å²) in [7, 11) is 0. The molecule has 0 bridgehead atoms. The highest BCUT2D eigenvalue weighted by molar-refractivity contribution is 5.95. The molecular formula is C18H26N4O4. The molecule has 2 N–H and O–H groups in total. The number of benzene rings is 1. The molecule has 1 saturated carbocycles. The third-order valence-electron chi connectivity index (χ3n) is 4.63. The van der Waals surface area contributed by atoms with E-state index in [0.29, 0.717) is 24.9 Å². The summed E-state index contributed by atoms with van der Waals surface area (Å²) in [5.41, 5.74) is 0.587. The fourth-order valence-corrected chi connectivity index (χ4v) is 3.18. The van der Waals surface area contributed by atoms with Crippen molar-refractivity contribution in [1.82, 2.24) is 10.2 Å². The first-order valence-electron chi connectivity index (χ1n) is 9.13. The molecule has 8 heteroatoms. The molecule has 1 aliphatic carbocycles. The lowest BCUT2D eigenvalue weighted by atomic mass is 10.1. The molecule has 1 aromatic carbocycles. The van der Waals surface area contributed by atoms with E-state index in [1.165, 1.54) is 18.9 Å². The number of anilines is 1. The summed E-state index contributed by atoms with van der Waals surface area (Å²) in [6.45, 7) is 6.69. The van der Waals surface area contributed by atoms with Crippen molar-refractivity contribution in [3.8, 4) is 0 Å². The van der Waals surface area contributed by atoms with Gasteiger partial charge < -0.3 is 15.4 Å². The molecule has 2 aliphatic rings. The number of rotatable bonds is 7. The number of nitro groups is 1. The van der Waals surface area contributed by atoms with Crippen molar-refractivity contribution in [3.05, 3.63) is 33.9 Å². The highest BCUT2D eigenvalue weighted by Gasteiger charge is 2.33. The number of nitrogens with zero attached hydrogens (tertiary/aromatic N) is 2. The van der Waals surface area contributed by atoms with Gasteiger partial charge >= 0.3 is 0 Å². The third kappa shape index (κ3) is 4.70. The Bertz CT molecular complexity index is 675. The average Bonchev–Trinajstić information content (AvgIpc) is 3.44. The Morgan fingerprint density at radius 1 is 1.42 bits per heavy atom. The summed E-state index contributed by atoms with van der Waals surface area (Å²) >= 11 is 0. The molecule has 1 unspecified atom stereocenters. The topological polar surface area (TPSA) is 96.7 Å². The number of amides is 1. The second kappa shape index (κ2) is 8.01. The smallest absolute Gasteiger partial charge is 0.293 e. The minimum Gasteiger partial charge on any atom is -0.377 e. The number of ether oxygens (including phenoxy) is 1. The Balaban J connectivity index is 1.64. The van der Waals surface area contributed by atoms with Gasteiger partial charge in [-0.1, -0.05) is 0 Å². The maximum atomic E-state index is 12.1. The van der Waals surface area contributed by atoms with Crippen LogP contribution >= 0.6 is 0 Å². The van der Waals surface area contributed by atoms with Crippen LogP contribution in [-0.2, 0) is 4.74 Å². The predicted octanol–water partition coefficient (Wildman–Crippen LogP) is 2.01. The van der Waals surface area contributed by atoms with Gasteiger partial charge in [0.25, 0.3) is 11.6 Å². The van der Waals surface area contributed by atoms with Crippen LogP contribution in [0.3, 0.4) is 0 Å². The molecule has 0 radical (unpaired) electrons. The quantitative estimate of drug-likeness (QED) is 0.569. The average molecular weight is 362 g/mol. The zero-order valence-corrected chi connectivity index (χ0v) is 15.2. The lowest BCUT2D eigenvalue weighted by molar-refractivity contribution is -0.384. The number of nitro benzene ring substituents is 1. The van der Waals surface area contributed by atoms with Gasteiger partial charge in [-0.2, -0.15) is 0 Å². The van der Waals surface area contributed by atoms with Crippen molar-refractivity contribution in [2.75, 3.05) is 31.6 Å². The predicted molar refractivity (Wildman–Crippen MR) is 98.5 cm³/mol. The van der Waals surface area contributed by atoms with Gasteiger partial charge in [-0.05, 0) is 38.8 Å². The minimum absolute atomic E-state index is 0.00729. The molecule has 26 heavy (non-hydrogen) atoms. The summed E-state index contributed by atoms with van der Waals surface area (Å²) in [6.07, 6.45) is 2.52. The van der Waals surface area contributed by atoms with Crippen molar-refractivity contribution in [1.29, 1.82) is 0 Å². The van der Waals surface area contributed by atoms with Crippen LogP contribution in [-0.4, -0.2) is 60.2 Å². The first-order chi connectivity index (χ1) is 12.4. The monoisotopic (exact) mass is 362 g/mol. The van der Waals surface area contributed by atoms with Gasteiger partial charge in [0.15, 0.2) is 0 Å². The van der Waals surface area contributed by atoms with Gasteiger partial charge in [-0.25, -0.2) is 0 Å². The Hall–Kier alpha value is -2.19. The lowest BCUT2D eigenvalue weighted by Gasteiger charge is -2.33. The van der Waals surface area contributed by atoms with E-state index in [1.807, 2.05) is 13.8 Å². The molecule has 1 aliphatic heterocycles. The van der Waals surface area contributed by atoms with Crippen molar-refractivity contribution < 1.29 is 14.5 Å². The molecule has 0 aromatic heterocycles. The number of hydrogen-bond acceptors (Lipinski definition) is 6. The summed E-state index contributed by atoms with van der Waals surface area (Å²) in [5, 5.41) is 17.3. The summed E-state index contributed by atoms with van der Waals surface area (Å²) < 4.78 is 5.78. The molecule has 1 amide bonds. The number of morpholine rings is 1. The van der Waals surface area contributed by atoms with Gasteiger partial charge in [-0.15, -0.1) is 0 Å². The molecule has 1 saturated heterocycles. The number of carbonyl (C=O) groups is 1. The first-order valence-corrected chi connectivity index (χ1v) is 9.13. The van der Waals surface area contributed by atoms with Crippen molar-refractivity contribution in [2.24, 2.45) is 0 Å². The second-order valence-corrected chi connectivity index (χ2v) is 7.22. The van der Waals surface area contributed by atoms with Gasteiger partial charge in [0.2, 0.25) is 0 Å². The normalized spacial score (nSPS) is 20.8. The Morgan fingerprint density at radius 3 is 2.85 bits per heavy atom. The number of nitrogens with one attached hydrogen (secondary N) is 2. The number of carbonyl (C=O) groups excluding carboxylic acids is 1. The van der Waals surface area contributed by atoms with Crippen molar-refractivity contribution in [2.45, 2.75) is 44.9 Å². The minimum atomic E-state index is -0.466. The van der Waals surface area contributed by atoms with Crippen molar-refractivity contribution >= 4 is 17.3 Å². The molecule has 8 nitrogen and oxygen atoms in total. The van der Waals surface area contributed by atoms with E-state index in [2.05, 4.69) is 15.5 Å². The van der Waals surface area contributed by atoms with E-state index < -0.39 is 4.92 Å². The van der Waals surface area contributed by atoms with Gasteiger partial charge in [0.05, 0.1) is 17.6 Å². The van der Waals surface area contributed by atoms with Gasteiger partial charge in [0.1, 0.15) is 5.69 Å². The summed E-state index contributed by atoms with van der Waals surface area (Å²) in [4.78, 5) is 25.5. The van der Waals surface area contributed by atoms with E-state index >= 15 is 0 Å². The zero-order chi connectivity index (χ0) is 18.7. The SMILES string of the molecule is CC(C)NC(=O)c1ccc(NCC2CN(C3CC3)CCO2)c([N+](=O)[O-])c1. The first kappa shape index (κ1) is 18.6. The molecule has 1 atom stereocenters. The zero-order valence-electron chi connectivity index (χ0n) is 15.2. The maximum Gasteiger partial charge on any atom is 0.293 e. The highest BCUT2D eigenvalue weighted by atomic mass is 16.6. The van der Waals surface area contributed by atoms with Crippen LogP contribution < -0.4 is 10.6 Å². The fourth-order valence-electron chi connectivity index (χ4n) is 3.18. The molecule has 0 spiro atoms. The molecular weight excluding hydrogens is 336 g/mol. The number of hydrogen-bond donors (Lipinski definition) is 2. The summed E-state index contributed by atoms with van der Waals surface area (Å²) in [6, 6.07) is 5.17. The van der Waals surface area contributed by atoms with Crippen LogP contribution in [0.4, 0.5) is 11.4 Å². The molecule has 1 heterocycles. The van der Waals surface area contributed by atoms with Gasteiger partial charge in [-0.3, -0.25) is 19.8 Å². The van der Waals surface area contributed by atoms with Crippen LogP contribution in [0, 0.1) is 10.1 Å². The highest BCUT2D eigenvalue weighted by Crippen LogP contribution is 2.29. The van der Waals surface area contributed by atoms with E-state index in [9.17, 15) is 14.9 Å². The molecule has 1 aromatic rings. The standard InChI is InChI=1S/C18H26N4O4/c1-12(2)20-18(23)13-3-6-16(17(9-13)22(24)25)19-10-15-11-21(7-8-26-15)14-4-5-14/h3,6,9,12,14-15,19H,4-5,7-8,10-11H2,1-2H3,(H,20,23). The van der Waals surface area contributed by atoms with Crippen LogP contribution in [0.1, 0.15) is 37.0 Å². The molecule has 2 fully saturated rings. The van der Waals surface area contributed by atoms with E-state index in [0.717, 1.165) is 13.1 Å². The third-order valence-corrected chi connectivity index (χ3v) is 4.63. The molecule has 142 valence electrons. The van der Waals surface area contributed by atoms with Crippen LogP contribution in [0.15, 0.2) is 18.2 Å². The fraction of sp³-hybridized carbons (Fsp3) is 0.611.